The van der Waals surface area contributed by atoms with Gasteiger partial charge in [0.15, 0.2) is 5.82 Å². The molecule has 0 saturated carbocycles. The standard InChI is InChI=1S/C54H31N3O2/c1-3-15-34(16-4-1)50-49-42-31-36(25-30-46(42)58-54(49)56-53(55-50)35-17-5-2-6-18-35)39-27-29-45(48-41-26-23-33-14-8-10-20-38(33)51(41)59-52(39)48)57-43-22-12-11-21-40(43)47-37-19-9-7-13-32(37)24-28-44(47)57/h1-31H. The first-order chi connectivity index (χ1) is 29.3. The second-order valence-electron chi connectivity index (χ2n) is 15.3. The third-order valence-corrected chi connectivity index (χ3v) is 12.0. The molecule has 0 spiro atoms. The summed E-state index contributed by atoms with van der Waals surface area (Å²) in [5, 5.41) is 11.1. The average Bonchev–Trinajstić information content (AvgIpc) is 3.99. The van der Waals surface area contributed by atoms with Crippen LogP contribution in [0.1, 0.15) is 0 Å². The summed E-state index contributed by atoms with van der Waals surface area (Å²) in [5.74, 6) is 0.626. The molecule has 0 amide bonds. The van der Waals surface area contributed by atoms with Crippen LogP contribution in [0.4, 0.5) is 0 Å². The van der Waals surface area contributed by atoms with E-state index >= 15 is 0 Å². The molecule has 0 aliphatic carbocycles. The van der Waals surface area contributed by atoms with E-state index in [0.29, 0.717) is 11.5 Å². The average molecular weight is 754 g/mol. The maximum absolute atomic E-state index is 7.16. The summed E-state index contributed by atoms with van der Waals surface area (Å²) in [5.41, 5.74) is 11.2. The topological polar surface area (TPSA) is 57.0 Å². The molecule has 0 N–H and O–H groups in total. The van der Waals surface area contributed by atoms with Crippen molar-refractivity contribution in [2.45, 2.75) is 0 Å². The predicted molar refractivity (Wildman–Crippen MR) is 242 cm³/mol. The summed E-state index contributed by atoms with van der Waals surface area (Å²) in [6.45, 7) is 0. The largest absolute Gasteiger partial charge is 0.455 e. The van der Waals surface area contributed by atoms with E-state index in [1.807, 2.05) is 48.5 Å². The Bertz CT molecular complexity index is 3840. The highest BCUT2D eigenvalue weighted by molar-refractivity contribution is 6.24. The van der Waals surface area contributed by atoms with Gasteiger partial charge in [-0.25, -0.2) is 4.98 Å². The van der Waals surface area contributed by atoms with Crippen molar-refractivity contribution in [3.8, 4) is 39.5 Å². The summed E-state index contributed by atoms with van der Waals surface area (Å²) >= 11 is 0. The number of fused-ring (bicyclic) bond motifs is 13. The third-order valence-electron chi connectivity index (χ3n) is 12.0. The van der Waals surface area contributed by atoms with Crippen LogP contribution < -0.4 is 0 Å². The van der Waals surface area contributed by atoms with E-state index in [0.717, 1.165) is 93.7 Å². The van der Waals surface area contributed by atoms with E-state index in [1.165, 1.54) is 21.5 Å². The van der Waals surface area contributed by atoms with Crippen molar-refractivity contribution in [2.24, 2.45) is 0 Å². The Morgan fingerprint density at radius 3 is 1.92 bits per heavy atom. The first-order valence-corrected chi connectivity index (χ1v) is 19.9. The normalized spacial score (nSPS) is 12.1. The van der Waals surface area contributed by atoms with Crippen molar-refractivity contribution in [3.63, 3.8) is 0 Å². The van der Waals surface area contributed by atoms with Crippen molar-refractivity contribution in [3.05, 3.63) is 188 Å². The molecule has 0 radical (unpaired) electrons. The molecule has 0 bridgehead atoms. The highest BCUT2D eigenvalue weighted by Crippen LogP contribution is 2.46. The molecule has 0 atom stereocenters. The Balaban J connectivity index is 1.11. The number of benzene rings is 9. The fraction of sp³-hybridized carbons (Fsp3) is 0. The zero-order valence-electron chi connectivity index (χ0n) is 31.6. The Hall–Kier alpha value is -8.02. The molecule has 0 unspecified atom stereocenters. The highest BCUT2D eigenvalue weighted by Gasteiger charge is 2.24. The minimum atomic E-state index is 0.555. The van der Waals surface area contributed by atoms with Gasteiger partial charge in [-0.15, -0.1) is 0 Å². The fourth-order valence-corrected chi connectivity index (χ4v) is 9.37. The van der Waals surface area contributed by atoms with Crippen LogP contribution in [0.2, 0.25) is 0 Å². The van der Waals surface area contributed by atoms with Gasteiger partial charge in [0.05, 0.1) is 33.2 Å². The molecular weight excluding hydrogens is 723 g/mol. The van der Waals surface area contributed by atoms with Crippen molar-refractivity contribution >= 4 is 87.4 Å². The van der Waals surface area contributed by atoms with Gasteiger partial charge in [-0.2, -0.15) is 4.98 Å². The van der Waals surface area contributed by atoms with Crippen LogP contribution in [0.3, 0.4) is 0 Å². The van der Waals surface area contributed by atoms with E-state index in [-0.39, 0.29) is 0 Å². The molecule has 5 heteroatoms. The number of hydrogen-bond donors (Lipinski definition) is 0. The van der Waals surface area contributed by atoms with Gasteiger partial charge < -0.3 is 13.4 Å². The molecule has 59 heavy (non-hydrogen) atoms. The van der Waals surface area contributed by atoms with Gasteiger partial charge in [0, 0.05) is 43.6 Å². The lowest BCUT2D eigenvalue weighted by Gasteiger charge is -2.12. The second kappa shape index (κ2) is 12.2. The lowest BCUT2D eigenvalue weighted by molar-refractivity contribution is 0.653. The molecular formula is C54H31N3O2. The highest BCUT2D eigenvalue weighted by atomic mass is 16.3. The molecule has 13 rings (SSSR count). The van der Waals surface area contributed by atoms with Crippen LogP contribution >= 0.6 is 0 Å². The molecule has 4 heterocycles. The molecule has 274 valence electrons. The Labute approximate surface area is 337 Å². The zero-order chi connectivity index (χ0) is 38.6. The summed E-state index contributed by atoms with van der Waals surface area (Å²) in [6, 6.07) is 66.1. The van der Waals surface area contributed by atoms with E-state index in [4.69, 9.17) is 18.8 Å². The van der Waals surface area contributed by atoms with Crippen LogP contribution in [0, 0.1) is 0 Å². The zero-order valence-corrected chi connectivity index (χ0v) is 31.6. The first-order valence-electron chi connectivity index (χ1n) is 19.9. The molecule has 9 aromatic carbocycles. The SMILES string of the molecule is c1ccc(-c2nc(-c3ccccc3)c3c(n2)oc2ccc(-c4ccc(-n5c6ccccc6c6c7ccccc7ccc65)c5c4oc4c6ccccc6ccc45)cc23)cc1. The predicted octanol–water partition coefficient (Wildman–Crippen LogP) is 14.7. The van der Waals surface area contributed by atoms with Crippen molar-refractivity contribution in [1.82, 2.24) is 14.5 Å². The smallest absolute Gasteiger partial charge is 0.231 e. The lowest BCUT2D eigenvalue weighted by atomic mass is 9.98. The molecule has 5 nitrogen and oxygen atoms in total. The lowest BCUT2D eigenvalue weighted by Crippen LogP contribution is -1.95. The number of furan rings is 2. The number of hydrogen-bond acceptors (Lipinski definition) is 4. The van der Waals surface area contributed by atoms with Gasteiger partial charge in [0.1, 0.15) is 16.7 Å². The first kappa shape index (κ1) is 32.1. The Morgan fingerprint density at radius 2 is 1.08 bits per heavy atom. The molecule has 4 aromatic heterocycles. The van der Waals surface area contributed by atoms with Gasteiger partial charge in [0.25, 0.3) is 0 Å². The molecule has 13 aromatic rings. The minimum Gasteiger partial charge on any atom is -0.455 e. The van der Waals surface area contributed by atoms with Crippen LogP contribution in [0.5, 0.6) is 0 Å². The van der Waals surface area contributed by atoms with Gasteiger partial charge in [-0.3, -0.25) is 0 Å². The molecule has 0 saturated heterocycles. The van der Waals surface area contributed by atoms with E-state index < -0.39 is 0 Å². The maximum Gasteiger partial charge on any atom is 0.231 e. The third kappa shape index (κ3) is 4.67. The fourth-order valence-electron chi connectivity index (χ4n) is 9.37. The van der Waals surface area contributed by atoms with Crippen molar-refractivity contribution in [1.29, 1.82) is 0 Å². The number of aromatic nitrogens is 3. The van der Waals surface area contributed by atoms with Crippen LogP contribution in [0.15, 0.2) is 197 Å². The van der Waals surface area contributed by atoms with Gasteiger partial charge in [0.2, 0.25) is 5.71 Å². The second-order valence-corrected chi connectivity index (χ2v) is 15.3. The van der Waals surface area contributed by atoms with E-state index in [1.54, 1.807) is 0 Å². The monoisotopic (exact) mass is 753 g/mol. The van der Waals surface area contributed by atoms with E-state index in [9.17, 15) is 0 Å². The summed E-state index contributed by atoms with van der Waals surface area (Å²) < 4.78 is 16.1. The Morgan fingerprint density at radius 1 is 0.390 bits per heavy atom. The van der Waals surface area contributed by atoms with Crippen LogP contribution in [-0.4, -0.2) is 14.5 Å². The van der Waals surface area contributed by atoms with Gasteiger partial charge in [-0.1, -0.05) is 146 Å². The number of nitrogens with zero attached hydrogens (tertiary/aromatic N) is 3. The van der Waals surface area contributed by atoms with Crippen LogP contribution in [0.25, 0.3) is 127 Å². The summed E-state index contributed by atoms with van der Waals surface area (Å²) in [4.78, 5) is 10.2. The molecule has 0 aliphatic heterocycles. The number of para-hydroxylation sites is 1. The molecule has 0 fully saturated rings. The maximum atomic E-state index is 7.16. The van der Waals surface area contributed by atoms with E-state index in [2.05, 4.69) is 144 Å². The van der Waals surface area contributed by atoms with Crippen LogP contribution in [-0.2, 0) is 0 Å². The quantitative estimate of drug-likeness (QED) is 0.180. The summed E-state index contributed by atoms with van der Waals surface area (Å²) in [6.07, 6.45) is 0. The Kier molecular flexibility index (Phi) is 6.66. The number of rotatable bonds is 4. The molecule has 0 aliphatic rings. The van der Waals surface area contributed by atoms with Gasteiger partial charge >= 0.3 is 0 Å². The van der Waals surface area contributed by atoms with Crippen molar-refractivity contribution in [2.75, 3.05) is 0 Å². The minimum absolute atomic E-state index is 0.555. The van der Waals surface area contributed by atoms with Gasteiger partial charge in [-0.05, 0) is 64.2 Å². The van der Waals surface area contributed by atoms with Crippen molar-refractivity contribution < 1.29 is 8.83 Å². The summed E-state index contributed by atoms with van der Waals surface area (Å²) in [7, 11) is 0.